The molecule has 1 amide bonds. The maximum absolute atomic E-state index is 12.0. The van der Waals surface area contributed by atoms with Gasteiger partial charge in [-0.05, 0) is 18.9 Å². The van der Waals surface area contributed by atoms with Crippen LogP contribution in [0.25, 0.3) is 0 Å². The van der Waals surface area contributed by atoms with Crippen LogP contribution >= 0.6 is 0 Å². The predicted octanol–water partition coefficient (Wildman–Crippen LogP) is 0.407. The van der Waals surface area contributed by atoms with E-state index in [0.717, 1.165) is 25.9 Å². The Morgan fingerprint density at radius 3 is 2.94 bits per heavy atom. The van der Waals surface area contributed by atoms with Gasteiger partial charge in [0.1, 0.15) is 6.07 Å². The number of nitriles is 1. The molecule has 1 saturated heterocycles. The van der Waals surface area contributed by atoms with Crippen molar-refractivity contribution < 1.29 is 4.79 Å². The Hall–Kier alpha value is -2.16. The molecule has 0 aromatic carbocycles. The Morgan fingerprint density at radius 2 is 2.28 bits per heavy atom. The molecule has 1 aliphatic heterocycles. The summed E-state index contributed by atoms with van der Waals surface area (Å²) in [6.45, 7) is 1.89. The third-order valence-corrected chi connectivity index (χ3v) is 3.01. The van der Waals surface area contributed by atoms with Gasteiger partial charge in [-0.1, -0.05) is 0 Å². The van der Waals surface area contributed by atoms with Crippen molar-refractivity contribution in [3.8, 4) is 6.07 Å². The zero-order chi connectivity index (χ0) is 13.0. The molecule has 0 unspecified atom stereocenters. The molecule has 94 valence electrons. The summed E-state index contributed by atoms with van der Waals surface area (Å²) in [6, 6.07) is 3.65. The topological polar surface area (TPSA) is 73.1 Å². The van der Waals surface area contributed by atoms with Gasteiger partial charge in [0.2, 0.25) is 5.91 Å². The summed E-state index contributed by atoms with van der Waals surface area (Å²) in [5.41, 5.74) is 0.432. The molecule has 2 heterocycles. The van der Waals surface area contributed by atoms with Crippen LogP contribution in [-0.2, 0) is 4.79 Å². The van der Waals surface area contributed by atoms with Crippen LogP contribution in [0.2, 0.25) is 0 Å². The maximum atomic E-state index is 12.0. The lowest BCUT2D eigenvalue weighted by molar-refractivity contribution is -0.128. The summed E-state index contributed by atoms with van der Waals surface area (Å²) in [7, 11) is 1.75. The molecule has 0 radical (unpaired) electrons. The molecule has 1 fully saturated rings. The van der Waals surface area contributed by atoms with E-state index in [1.165, 1.54) is 6.20 Å². The van der Waals surface area contributed by atoms with Crippen molar-refractivity contribution >= 4 is 11.7 Å². The van der Waals surface area contributed by atoms with Crippen LogP contribution < -0.4 is 4.90 Å². The van der Waals surface area contributed by atoms with E-state index in [0.29, 0.717) is 11.4 Å². The predicted molar refractivity (Wildman–Crippen MR) is 65.8 cm³/mol. The summed E-state index contributed by atoms with van der Waals surface area (Å²) < 4.78 is 0. The number of anilines is 1. The second-order valence-electron chi connectivity index (χ2n) is 4.32. The van der Waals surface area contributed by atoms with E-state index in [1.807, 2.05) is 4.90 Å². The quantitative estimate of drug-likeness (QED) is 0.771. The van der Waals surface area contributed by atoms with Crippen molar-refractivity contribution in [3.63, 3.8) is 0 Å². The van der Waals surface area contributed by atoms with Crippen molar-refractivity contribution in [1.29, 1.82) is 5.26 Å². The van der Waals surface area contributed by atoms with Gasteiger partial charge >= 0.3 is 0 Å². The van der Waals surface area contributed by atoms with Crippen LogP contribution in [-0.4, -0.2) is 47.7 Å². The minimum Gasteiger partial charge on any atom is -0.348 e. The van der Waals surface area contributed by atoms with Gasteiger partial charge in [0, 0.05) is 20.1 Å². The first kappa shape index (κ1) is 12.3. The molecular formula is C12H15N5O. The fraction of sp³-hybridized carbons (Fsp3) is 0.500. The number of carbonyl (C=O) groups is 1. The minimum atomic E-state index is 0.0737. The van der Waals surface area contributed by atoms with Crippen molar-refractivity contribution in [2.75, 3.05) is 31.6 Å². The Morgan fingerprint density at radius 1 is 1.56 bits per heavy atom. The first-order valence-electron chi connectivity index (χ1n) is 5.93. The normalized spacial score (nSPS) is 14.3. The summed E-state index contributed by atoms with van der Waals surface area (Å²) in [5.74, 6) is 0.525. The third-order valence-electron chi connectivity index (χ3n) is 3.01. The average Bonchev–Trinajstić information content (AvgIpc) is 2.92. The highest BCUT2D eigenvalue weighted by molar-refractivity contribution is 5.81. The molecular weight excluding hydrogens is 230 g/mol. The Balaban J connectivity index is 2.05. The van der Waals surface area contributed by atoms with Gasteiger partial charge in [0.15, 0.2) is 5.82 Å². The van der Waals surface area contributed by atoms with Crippen LogP contribution in [0.3, 0.4) is 0 Å². The van der Waals surface area contributed by atoms with Crippen LogP contribution in [0.5, 0.6) is 0 Å². The Labute approximate surface area is 106 Å². The number of nitrogens with zero attached hydrogens (tertiary/aromatic N) is 5. The smallest absolute Gasteiger partial charge is 0.242 e. The van der Waals surface area contributed by atoms with Crippen LogP contribution in [0.1, 0.15) is 18.4 Å². The van der Waals surface area contributed by atoms with Crippen LogP contribution in [0.15, 0.2) is 12.3 Å². The molecule has 0 aliphatic carbocycles. The molecule has 1 aromatic heterocycles. The first-order chi connectivity index (χ1) is 8.72. The lowest BCUT2D eigenvalue weighted by Gasteiger charge is -2.22. The Bertz CT molecular complexity index is 476. The van der Waals surface area contributed by atoms with E-state index in [9.17, 15) is 4.79 Å². The summed E-state index contributed by atoms with van der Waals surface area (Å²) in [4.78, 5) is 15.5. The highest BCUT2D eigenvalue weighted by Crippen LogP contribution is 2.14. The van der Waals surface area contributed by atoms with Gasteiger partial charge < -0.3 is 9.80 Å². The molecule has 1 aromatic rings. The molecule has 18 heavy (non-hydrogen) atoms. The SMILES string of the molecule is CN(CC(=O)N1CCCC1)c1nnccc1C#N. The number of likely N-dealkylation sites (tertiary alicyclic amines) is 1. The third kappa shape index (κ3) is 2.56. The van der Waals surface area contributed by atoms with Gasteiger partial charge in [-0.15, -0.1) is 5.10 Å². The number of likely N-dealkylation sites (N-methyl/N-ethyl adjacent to an activating group) is 1. The van der Waals surface area contributed by atoms with Crippen molar-refractivity contribution in [2.24, 2.45) is 0 Å². The molecule has 1 aliphatic rings. The highest BCUT2D eigenvalue weighted by atomic mass is 16.2. The zero-order valence-electron chi connectivity index (χ0n) is 10.3. The van der Waals surface area contributed by atoms with E-state index in [4.69, 9.17) is 5.26 Å². The lowest BCUT2D eigenvalue weighted by Crippen LogP contribution is -2.37. The fourth-order valence-corrected chi connectivity index (χ4v) is 2.04. The zero-order valence-corrected chi connectivity index (χ0v) is 10.3. The van der Waals surface area contributed by atoms with Gasteiger partial charge in [-0.2, -0.15) is 10.4 Å². The molecule has 6 nitrogen and oxygen atoms in total. The van der Waals surface area contributed by atoms with Crippen molar-refractivity contribution in [2.45, 2.75) is 12.8 Å². The van der Waals surface area contributed by atoms with Gasteiger partial charge in [-0.25, -0.2) is 0 Å². The van der Waals surface area contributed by atoms with E-state index in [1.54, 1.807) is 18.0 Å². The maximum Gasteiger partial charge on any atom is 0.242 e. The number of hydrogen-bond acceptors (Lipinski definition) is 5. The van der Waals surface area contributed by atoms with E-state index in [-0.39, 0.29) is 12.5 Å². The second-order valence-corrected chi connectivity index (χ2v) is 4.32. The summed E-state index contributed by atoms with van der Waals surface area (Å²) in [6.07, 6.45) is 3.62. The standard InChI is InChI=1S/C12H15N5O/c1-16(9-11(18)17-6-2-3-7-17)12-10(8-13)4-5-14-15-12/h4-5H,2-3,6-7,9H2,1H3. The van der Waals surface area contributed by atoms with Crippen LogP contribution in [0.4, 0.5) is 5.82 Å². The highest BCUT2D eigenvalue weighted by Gasteiger charge is 2.20. The summed E-state index contributed by atoms with van der Waals surface area (Å²) >= 11 is 0. The van der Waals surface area contributed by atoms with Gasteiger partial charge in [-0.3, -0.25) is 4.79 Å². The molecule has 6 heteroatoms. The van der Waals surface area contributed by atoms with Crippen molar-refractivity contribution in [1.82, 2.24) is 15.1 Å². The van der Waals surface area contributed by atoms with E-state index < -0.39 is 0 Å². The molecule has 2 rings (SSSR count). The van der Waals surface area contributed by atoms with Gasteiger partial charge in [0.05, 0.1) is 18.3 Å². The largest absolute Gasteiger partial charge is 0.348 e. The summed E-state index contributed by atoms with van der Waals surface area (Å²) in [5, 5.41) is 16.6. The molecule has 0 atom stereocenters. The molecule has 0 N–H and O–H groups in total. The fourth-order valence-electron chi connectivity index (χ4n) is 2.04. The lowest BCUT2D eigenvalue weighted by atomic mass is 10.3. The molecule has 0 saturated carbocycles. The first-order valence-corrected chi connectivity index (χ1v) is 5.93. The van der Waals surface area contributed by atoms with E-state index in [2.05, 4.69) is 16.3 Å². The second kappa shape index (κ2) is 5.45. The minimum absolute atomic E-state index is 0.0737. The monoisotopic (exact) mass is 245 g/mol. The van der Waals surface area contributed by atoms with Gasteiger partial charge in [0.25, 0.3) is 0 Å². The number of amides is 1. The Kier molecular flexibility index (Phi) is 3.72. The number of aromatic nitrogens is 2. The molecule has 0 bridgehead atoms. The number of carbonyl (C=O) groups excluding carboxylic acids is 1. The average molecular weight is 245 g/mol. The van der Waals surface area contributed by atoms with Crippen molar-refractivity contribution in [3.05, 3.63) is 17.8 Å². The van der Waals surface area contributed by atoms with E-state index >= 15 is 0 Å². The number of rotatable bonds is 3. The number of hydrogen-bond donors (Lipinski definition) is 0. The van der Waals surface area contributed by atoms with Crippen LogP contribution in [0, 0.1) is 11.3 Å². The molecule has 0 spiro atoms.